The number of ether oxygens (including phenoxy) is 1. The topological polar surface area (TPSA) is 65.1 Å². The van der Waals surface area contributed by atoms with Gasteiger partial charge in [0.25, 0.3) is 5.91 Å². The summed E-state index contributed by atoms with van der Waals surface area (Å²) in [5, 5.41) is 3.68. The first-order chi connectivity index (χ1) is 18.6. The number of amides is 3. The maximum absolute atomic E-state index is 13.2. The summed E-state index contributed by atoms with van der Waals surface area (Å²) in [5.74, 6) is 2.37. The monoisotopic (exact) mass is 518 g/mol. The van der Waals surface area contributed by atoms with Crippen LogP contribution < -0.4 is 10.1 Å². The standard InChI is InChI=1S/C31H42N4O3/c1-33(30(36)25-13-15-29(16-14-25)38-28-11-3-2-4-12-28)27-18-21-35(23-27)31(37)34-20-17-26(22-34)32-19-7-10-24-8-5-6-9-24/h2-4,11-16,24,26-27,32H,5-10,17-23H2,1H3/t26-,27+/m1/s1. The maximum Gasteiger partial charge on any atom is 0.320 e. The summed E-state index contributed by atoms with van der Waals surface area (Å²) in [6, 6.07) is 17.4. The molecule has 204 valence electrons. The van der Waals surface area contributed by atoms with Gasteiger partial charge < -0.3 is 24.8 Å². The van der Waals surface area contributed by atoms with Gasteiger partial charge in [0.1, 0.15) is 11.5 Å². The molecule has 0 unspecified atom stereocenters. The Kier molecular flexibility index (Phi) is 8.84. The van der Waals surface area contributed by atoms with Gasteiger partial charge in [-0.15, -0.1) is 0 Å². The number of hydrogen-bond acceptors (Lipinski definition) is 4. The van der Waals surface area contributed by atoms with Crippen LogP contribution in [0, 0.1) is 5.92 Å². The van der Waals surface area contributed by atoms with Crippen LogP contribution in [0.3, 0.4) is 0 Å². The highest BCUT2D eigenvalue weighted by Crippen LogP contribution is 2.28. The zero-order valence-electron chi connectivity index (χ0n) is 22.7. The zero-order chi connectivity index (χ0) is 26.3. The first-order valence-corrected chi connectivity index (χ1v) is 14.4. The minimum atomic E-state index is -0.0291. The Morgan fingerprint density at radius 2 is 1.58 bits per heavy atom. The molecule has 2 aromatic carbocycles. The summed E-state index contributed by atoms with van der Waals surface area (Å²) in [6.07, 6.45) is 10.1. The van der Waals surface area contributed by atoms with Crippen molar-refractivity contribution < 1.29 is 14.3 Å². The van der Waals surface area contributed by atoms with E-state index in [4.69, 9.17) is 4.74 Å². The van der Waals surface area contributed by atoms with Gasteiger partial charge in [0.2, 0.25) is 0 Å². The highest BCUT2D eigenvalue weighted by atomic mass is 16.5. The van der Waals surface area contributed by atoms with E-state index in [1.165, 1.54) is 38.5 Å². The number of likely N-dealkylation sites (N-methyl/N-ethyl adjacent to an activating group) is 1. The molecule has 3 aliphatic rings. The van der Waals surface area contributed by atoms with Crippen LogP contribution in [0.4, 0.5) is 4.79 Å². The predicted octanol–water partition coefficient (Wildman–Crippen LogP) is 5.38. The molecule has 0 radical (unpaired) electrons. The predicted molar refractivity (Wildman–Crippen MR) is 150 cm³/mol. The smallest absolute Gasteiger partial charge is 0.320 e. The molecule has 5 rings (SSSR count). The first-order valence-electron chi connectivity index (χ1n) is 14.4. The lowest BCUT2D eigenvalue weighted by Crippen LogP contribution is -2.45. The fraction of sp³-hybridized carbons (Fsp3) is 0.548. The molecule has 0 aromatic heterocycles. The molecule has 2 aromatic rings. The van der Waals surface area contributed by atoms with E-state index in [0.717, 1.165) is 44.1 Å². The van der Waals surface area contributed by atoms with Crippen LogP contribution in [-0.2, 0) is 0 Å². The normalized spacial score (nSPS) is 21.7. The Hall–Kier alpha value is -3.06. The van der Waals surface area contributed by atoms with Crippen LogP contribution in [0.2, 0.25) is 0 Å². The van der Waals surface area contributed by atoms with Gasteiger partial charge >= 0.3 is 6.03 Å². The molecule has 1 N–H and O–H groups in total. The molecular weight excluding hydrogens is 476 g/mol. The fourth-order valence-corrected chi connectivity index (χ4v) is 6.19. The summed E-state index contributed by atoms with van der Waals surface area (Å²) >= 11 is 0. The molecule has 1 aliphatic carbocycles. The van der Waals surface area contributed by atoms with Crippen LogP contribution in [0.1, 0.15) is 61.7 Å². The van der Waals surface area contributed by atoms with E-state index in [1.807, 2.05) is 59.3 Å². The SMILES string of the molecule is CN(C(=O)c1ccc(Oc2ccccc2)cc1)[C@H]1CCN(C(=O)N2CC[C@@H](NCCCC3CCCC3)C2)C1. The summed E-state index contributed by atoms with van der Waals surface area (Å²) < 4.78 is 5.84. The zero-order valence-corrected chi connectivity index (χ0v) is 22.7. The second kappa shape index (κ2) is 12.7. The Balaban J connectivity index is 1.05. The van der Waals surface area contributed by atoms with Crippen molar-refractivity contribution in [2.45, 2.75) is 63.5 Å². The molecular formula is C31H42N4O3. The number of nitrogens with one attached hydrogen (secondary N) is 1. The van der Waals surface area contributed by atoms with Crippen molar-refractivity contribution in [3.05, 3.63) is 60.2 Å². The van der Waals surface area contributed by atoms with Gasteiger partial charge in [0, 0.05) is 44.8 Å². The molecule has 1 saturated carbocycles. The van der Waals surface area contributed by atoms with E-state index >= 15 is 0 Å². The molecule has 3 fully saturated rings. The number of rotatable bonds is 9. The maximum atomic E-state index is 13.2. The number of carbonyl (C=O) groups excluding carboxylic acids is 2. The van der Waals surface area contributed by atoms with E-state index in [2.05, 4.69) is 5.32 Å². The van der Waals surface area contributed by atoms with Gasteiger partial charge in [0.05, 0.1) is 6.04 Å². The van der Waals surface area contributed by atoms with Gasteiger partial charge in [-0.25, -0.2) is 4.79 Å². The van der Waals surface area contributed by atoms with Crippen molar-refractivity contribution in [3.8, 4) is 11.5 Å². The molecule has 7 nitrogen and oxygen atoms in total. The van der Waals surface area contributed by atoms with Gasteiger partial charge in [-0.1, -0.05) is 43.9 Å². The number of para-hydroxylation sites is 1. The van der Waals surface area contributed by atoms with Crippen molar-refractivity contribution in [1.29, 1.82) is 0 Å². The second-order valence-electron chi connectivity index (χ2n) is 11.2. The quantitative estimate of drug-likeness (QED) is 0.453. The summed E-state index contributed by atoms with van der Waals surface area (Å²) in [6.45, 7) is 3.94. The Labute approximate surface area is 227 Å². The third-order valence-corrected chi connectivity index (χ3v) is 8.54. The average Bonchev–Trinajstić information content (AvgIpc) is 3.73. The molecule has 2 heterocycles. The third-order valence-electron chi connectivity index (χ3n) is 8.54. The Morgan fingerprint density at radius 3 is 2.34 bits per heavy atom. The number of hydrogen-bond donors (Lipinski definition) is 1. The van der Waals surface area contributed by atoms with E-state index in [0.29, 0.717) is 30.4 Å². The van der Waals surface area contributed by atoms with Gasteiger partial charge in [0.15, 0.2) is 0 Å². The molecule has 0 bridgehead atoms. The third kappa shape index (κ3) is 6.68. The van der Waals surface area contributed by atoms with E-state index in [1.54, 1.807) is 17.0 Å². The second-order valence-corrected chi connectivity index (χ2v) is 11.2. The van der Waals surface area contributed by atoms with Gasteiger partial charge in [-0.05, 0) is 74.5 Å². The highest BCUT2D eigenvalue weighted by Gasteiger charge is 2.35. The molecule has 2 atom stereocenters. The lowest BCUT2D eigenvalue weighted by Gasteiger charge is -2.27. The van der Waals surface area contributed by atoms with Crippen LogP contribution in [0.15, 0.2) is 54.6 Å². The minimum absolute atomic E-state index is 0.0267. The van der Waals surface area contributed by atoms with Crippen molar-refractivity contribution >= 4 is 11.9 Å². The van der Waals surface area contributed by atoms with E-state index in [-0.39, 0.29) is 18.0 Å². The molecule has 2 aliphatic heterocycles. The fourth-order valence-electron chi connectivity index (χ4n) is 6.19. The Bertz CT molecular complexity index is 1050. The summed E-state index contributed by atoms with van der Waals surface area (Å²) in [5.41, 5.74) is 0.624. The van der Waals surface area contributed by atoms with E-state index in [9.17, 15) is 9.59 Å². The number of likely N-dealkylation sites (tertiary alicyclic amines) is 2. The summed E-state index contributed by atoms with van der Waals surface area (Å²) in [4.78, 5) is 32.1. The van der Waals surface area contributed by atoms with Crippen molar-refractivity contribution in [2.75, 3.05) is 39.8 Å². The lowest BCUT2D eigenvalue weighted by atomic mass is 10.0. The number of nitrogens with zero attached hydrogens (tertiary/aromatic N) is 3. The van der Waals surface area contributed by atoms with Crippen LogP contribution >= 0.6 is 0 Å². The van der Waals surface area contributed by atoms with Gasteiger partial charge in [-0.2, -0.15) is 0 Å². The highest BCUT2D eigenvalue weighted by molar-refractivity contribution is 5.94. The van der Waals surface area contributed by atoms with Crippen molar-refractivity contribution in [3.63, 3.8) is 0 Å². The lowest BCUT2D eigenvalue weighted by molar-refractivity contribution is 0.0735. The number of carbonyl (C=O) groups is 2. The average molecular weight is 519 g/mol. The molecule has 0 spiro atoms. The summed E-state index contributed by atoms with van der Waals surface area (Å²) in [7, 11) is 1.84. The molecule has 38 heavy (non-hydrogen) atoms. The minimum Gasteiger partial charge on any atom is -0.457 e. The first kappa shape index (κ1) is 26.5. The van der Waals surface area contributed by atoms with Crippen LogP contribution in [-0.4, -0.2) is 78.5 Å². The van der Waals surface area contributed by atoms with Crippen LogP contribution in [0.5, 0.6) is 11.5 Å². The van der Waals surface area contributed by atoms with Gasteiger partial charge in [-0.3, -0.25) is 4.79 Å². The largest absolute Gasteiger partial charge is 0.457 e. The van der Waals surface area contributed by atoms with Crippen molar-refractivity contribution in [2.24, 2.45) is 5.92 Å². The van der Waals surface area contributed by atoms with Crippen molar-refractivity contribution in [1.82, 2.24) is 20.0 Å². The number of benzene rings is 2. The van der Waals surface area contributed by atoms with E-state index < -0.39 is 0 Å². The van der Waals surface area contributed by atoms with Crippen LogP contribution in [0.25, 0.3) is 0 Å². The molecule has 7 heteroatoms. The molecule has 3 amide bonds. The Morgan fingerprint density at radius 1 is 0.895 bits per heavy atom. The molecule has 2 saturated heterocycles. The number of urea groups is 1.